The minimum atomic E-state index is -0.335. The van der Waals surface area contributed by atoms with E-state index < -0.39 is 0 Å². The molecular weight excluding hydrogens is 242 g/mol. The fourth-order valence-electron chi connectivity index (χ4n) is 1.79. The van der Waals surface area contributed by atoms with Crippen LogP contribution in [0.1, 0.15) is 43.3 Å². The van der Waals surface area contributed by atoms with Crippen LogP contribution in [0.25, 0.3) is 0 Å². The van der Waals surface area contributed by atoms with Gasteiger partial charge in [-0.05, 0) is 11.5 Å². The molecule has 0 spiro atoms. The van der Waals surface area contributed by atoms with Crippen molar-refractivity contribution in [1.82, 2.24) is 10.1 Å². The van der Waals surface area contributed by atoms with E-state index in [0.717, 1.165) is 5.56 Å². The van der Waals surface area contributed by atoms with Crippen LogP contribution in [-0.2, 0) is 4.74 Å². The quantitative estimate of drug-likeness (QED) is 0.894. The van der Waals surface area contributed by atoms with E-state index in [-0.39, 0.29) is 18.1 Å². The number of methoxy groups -OCH3 is 1. The van der Waals surface area contributed by atoms with Crippen molar-refractivity contribution in [2.24, 2.45) is 11.7 Å². The molecule has 0 bridgehead atoms. The number of nitrogens with zero attached hydrogens (tertiary/aromatic N) is 2. The summed E-state index contributed by atoms with van der Waals surface area (Å²) in [6.45, 7) is 4.03. The Morgan fingerprint density at radius 2 is 1.89 bits per heavy atom. The molecule has 2 N–H and O–H groups in total. The maximum Gasteiger partial charge on any atom is 0.243 e. The number of hydrogen-bond acceptors (Lipinski definition) is 5. The fourth-order valence-corrected chi connectivity index (χ4v) is 1.79. The zero-order valence-corrected chi connectivity index (χ0v) is 11.4. The van der Waals surface area contributed by atoms with Gasteiger partial charge in [0, 0.05) is 7.11 Å². The Labute approximate surface area is 112 Å². The van der Waals surface area contributed by atoms with E-state index in [2.05, 4.69) is 10.1 Å². The van der Waals surface area contributed by atoms with E-state index in [1.165, 1.54) is 0 Å². The summed E-state index contributed by atoms with van der Waals surface area (Å²) in [6, 6.07) is 9.52. The monoisotopic (exact) mass is 261 g/mol. The molecule has 0 aliphatic carbocycles. The van der Waals surface area contributed by atoms with Gasteiger partial charge in [-0.25, -0.2) is 0 Å². The highest BCUT2D eigenvalue weighted by atomic mass is 16.5. The molecule has 19 heavy (non-hydrogen) atoms. The molecule has 0 saturated carbocycles. The molecule has 0 radical (unpaired) electrons. The standard InChI is InChI=1S/C14H19N3O2/c1-9(2)11(15)14-16-13(17-19-14)12(18-3)10-7-5-4-6-8-10/h4-9,11-12H,15H2,1-3H3. The van der Waals surface area contributed by atoms with Gasteiger partial charge in [-0.15, -0.1) is 0 Å². The Morgan fingerprint density at radius 3 is 2.47 bits per heavy atom. The van der Waals surface area contributed by atoms with Crippen LogP contribution in [0.3, 0.4) is 0 Å². The summed E-state index contributed by atoms with van der Waals surface area (Å²) in [5, 5.41) is 3.98. The first kappa shape index (κ1) is 13.7. The lowest BCUT2D eigenvalue weighted by Gasteiger charge is -2.11. The van der Waals surface area contributed by atoms with Crippen molar-refractivity contribution in [3.05, 3.63) is 47.6 Å². The Bertz CT molecular complexity index is 510. The summed E-state index contributed by atoms with van der Waals surface area (Å²) in [6.07, 6.45) is -0.335. The van der Waals surface area contributed by atoms with Crippen LogP contribution >= 0.6 is 0 Å². The minimum absolute atomic E-state index is 0.242. The molecule has 5 heteroatoms. The van der Waals surface area contributed by atoms with Crippen molar-refractivity contribution in [1.29, 1.82) is 0 Å². The second kappa shape index (κ2) is 5.95. The van der Waals surface area contributed by atoms with Crippen LogP contribution in [0.5, 0.6) is 0 Å². The van der Waals surface area contributed by atoms with E-state index in [0.29, 0.717) is 11.7 Å². The average molecular weight is 261 g/mol. The third-order valence-corrected chi connectivity index (χ3v) is 3.03. The van der Waals surface area contributed by atoms with Gasteiger partial charge in [-0.1, -0.05) is 49.3 Å². The zero-order chi connectivity index (χ0) is 13.8. The third-order valence-electron chi connectivity index (χ3n) is 3.03. The SMILES string of the molecule is COC(c1ccccc1)c1noc(C(N)C(C)C)n1. The number of rotatable bonds is 5. The maximum atomic E-state index is 5.99. The molecule has 0 aliphatic heterocycles. The summed E-state index contributed by atoms with van der Waals surface area (Å²) in [5.74, 6) is 1.19. The van der Waals surface area contributed by atoms with Crippen LogP contribution < -0.4 is 5.73 Å². The fraction of sp³-hybridized carbons (Fsp3) is 0.429. The molecule has 1 aromatic carbocycles. The highest BCUT2D eigenvalue weighted by Crippen LogP contribution is 2.25. The Morgan fingerprint density at radius 1 is 1.21 bits per heavy atom. The molecule has 2 atom stereocenters. The van der Waals surface area contributed by atoms with Crippen LogP contribution in [0.2, 0.25) is 0 Å². The predicted octanol–water partition coefficient (Wildman–Crippen LogP) is 2.46. The summed E-state index contributed by atoms with van der Waals surface area (Å²) in [5.41, 5.74) is 6.98. The second-order valence-corrected chi connectivity index (χ2v) is 4.79. The van der Waals surface area contributed by atoms with Crippen molar-refractivity contribution < 1.29 is 9.26 Å². The van der Waals surface area contributed by atoms with Gasteiger partial charge in [0.2, 0.25) is 11.7 Å². The van der Waals surface area contributed by atoms with E-state index >= 15 is 0 Å². The number of hydrogen-bond donors (Lipinski definition) is 1. The molecule has 0 amide bonds. The summed E-state index contributed by atoms with van der Waals surface area (Å²) in [4.78, 5) is 4.35. The van der Waals surface area contributed by atoms with Gasteiger partial charge in [-0.3, -0.25) is 0 Å². The predicted molar refractivity (Wildman–Crippen MR) is 71.4 cm³/mol. The van der Waals surface area contributed by atoms with Crippen molar-refractivity contribution >= 4 is 0 Å². The second-order valence-electron chi connectivity index (χ2n) is 4.79. The highest BCUT2D eigenvalue weighted by Gasteiger charge is 2.23. The van der Waals surface area contributed by atoms with Crippen molar-refractivity contribution in [3.8, 4) is 0 Å². The van der Waals surface area contributed by atoms with E-state index in [1.807, 2.05) is 44.2 Å². The van der Waals surface area contributed by atoms with Crippen LogP contribution in [-0.4, -0.2) is 17.3 Å². The van der Waals surface area contributed by atoms with Gasteiger partial charge in [0.15, 0.2) is 0 Å². The molecule has 2 rings (SSSR count). The van der Waals surface area contributed by atoms with Gasteiger partial charge in [0.1, 0.15) is 6.10 Å². The molecule has 5 nitrogen and oxygen atoms in total. The summed E-state index contributed by atoms with van der Waals surface area (Å²) in [7, 11) is 1.62. The highest BCUT2D eigenvalue weighted by molar-refractivity contribution is 5.22. The normalized spacial score (nSPS) is 14.6. The van der Waals surface area contributed by atoms with Crippen molar-refractivity contribution in [3.63, 3.8) is 0 Å². The van der Waals surface area contributed by atoms with Crippen LogP contribution in [0.4, 0.5) is 0 Å². The first-order valence-corrected chi connectivity index (χ1v) is 6.30. The zero-order valence-electron chi connectivity index (χ0n) is 11.4. The molecule has 0 fully saturated rings. The lowest BCUT2D eigenvalue weighted by molar-refractivity contribution is 0.126. The van der Waals surface area contributed by atoms with Crippen LogP contribution in [0, 0.1) is 5.92 Å². The van der Waals surface area contributed by atoms with Gasteiger partial charge < -0.3 is 15.0 Å². The first-order chi connectivity index (χ1) is 9.13. The van der Waals surface area contributed by atoms with Crippen LogP contribution in [0.15, 0.2) is 34.9 Å². The molecule has 2 unspecified atom stereocenters. The molecule has 0 saturated heterocycles. The molecule has 1 heterocycles. The molecular formula is C14H19N3O2. The lowest BCUT2D eigenvalue weighted by atomic mass is 10.1. The molecule has 2 aromatic rings. The van der Waals surface area contributed by atoms with Gasteiger partial charge >= 0.3 is 0 Å². The Balaban J connectivity index is 2.26. The maximum absolute atomic E-state index is 5.99. The number of nitrogens with two attached hydrogens (primary N) is 1. The average Bonchev–Trinajstić information content (AvgIpc) is 2.89. The molecule has 1 aromatic heterocycles. The number of benzene rings is 1. The van der Waals surface area contributed by atoms with Crippen molar-refractivity contribution in [2.45, 2.75) is 26.0 Å². The largest absolute Gasteiger partial charge is 0.369 e. The van der Waals surface area contributed by atoms with Gasteiger partial charge in [-0.2, -0.15) is 4.98 Å². The van der Waals surface area contributed by atoms with Gasteiger partial charge in [0.05, 0.1) is 6.04 Å². The summed E-state index contributed by atoms with van der Waals surface area (Å²) < 4.78 is 10.7. The Hall–Kier alpha value is -1.72. The molecule has 102 valence electrons. The van der Waals surface area contributed by atoms with E-state index in [1.54, 1.807) is 7.11 Å². The Kier molecular flexibility index (Phi) is 4.29. The van der Waals surface area contributed by atoms with Gasteiger partial charge in [0.25, 0.3) is 0 Å². The topological polar surface area (TPSA) is 74.2 Å². The van der Waals surface area contributed by atoms with E-state index in [9.17, 15) is 0 Å². The number of ether oxygens (including phenoxy) is 1. The minimum Gasteiger partial charge on any atom is -0.369 e. The lowest BCUT2D eigenvalue weighted by Crippen LogP contribution is -2.17. The first-order valence-electron chi connectivity index (χ1n) is 6.30. The molecule has 0 aliphatic rings. The summed E-state index contributed by atoms with van der Waals surface area (Å²) >= 11 is 0. The van der Waals surface area contributed by atoms with E-state index in [4.69, 9.17) is 15.0 Å². The third kappa shape index (κ3) is 3.00. The number of aromatic nitrogens is 2. The smallest absolute Gasteiger partial charge is 0.243 e. The van der Waals surface area contributed by atoms with Crippen molar-refractivity contribution in [2.75, 3.05) is 7.11 Å².